The SMILES string of the molecule is CCOC(=O)C(C(=O)O)C(C)(N)c1cc(Br)cc(C(=O)OC)c1S(=O)(=O)c1ccc(OC)cc1. The number of halogens is 1. The minimum absolute atomic E-state index is 0.123. The lowest BCUT2D eigenvalue weighted by Crippen LogP contribution is -2.50. The fraction of sp³-hybridized carbons (Fsp3) is 0.318. The highest BCUT2D eigenvalue weighted by Crippen LogP contribution is 2.39. The molecule has 34 heavy (non-hydrogen) atoms. The molecule has 0 fully saturated rings. The molecule has 184 valence electrons. The van der Waals surface area contributed by atoms with Crippen LogP contribution in [0, 0.1) is 5.92 Å². The van der Waals surface area contributed by atoms with Crippen molar-refractivity contribution in [1.29, 1.82) is 0 Å². The molecule has 10 nitrogen and oxygen atoms in total. The zero-order valence-electron chi connectivity index (χ0n) is 18.8. The van der Waals surface area contributed by atoms with Crippen LogP contribution in [0.4, 0.5) is 0 Å². The number of carboxylic acids is 1. The molecule has 0 heterocycles. The van der Waals surface area contributed by atoms with Crippen molar-refractivity contribution >= 4 is 43.7 Å². The van der Waals surface area contributed by atoms with Gasteiger partial charge in [-0.2, -0.15) is 0 Å². The average Bonchev–Trinajstić information content (AvgIpc) is 2.77. The summed E-state index contributed by atoms with van der Waals surface area (Å²) in [6, 6.07) is 7.79. The Morgan fingerprint density at radius 2 is 1.74 bits per heavy atom. The maximum atomic E-state index is 13.8. The number of sulfone groups is 1. The molecule has 2 rings (SSSR count). The largest absolute Gasteiger partial charge is 0.497 e. The minimum Gasteiger partial charge on any atom is -0.497 e. The van der Waals surface area contributed by atoms with Crippen LogP contribution in [-0.4, -0.2) is 52.3 Å². The normalized spacial score (nSPS) is 13.9. The van der Waals surface area contributed by atoms with E-state index in [0.29, 0.717) is 5.75 Å². The minimum atomic E-state index is -4.48. The Balaban J connectivity index is 2.95. The van der Waals surface area contributed by atoms with Crippen molar-refractivity contribution in [2.24, 2.45) is 11.7 Å². The highest BCUT2D eigenvalue weighted by molar-refractivity contribution is 9.10. The molecule has 0 aliphatic carbocycles. The number of carbonyl (C=O) groups is 3. The second-order valence-electron chi connectivity index (χ2n) is 7.31. The second-order valence-corrected chi connectivity index (χ2v) is 10.1. The molecule has 2 atom stereocenters. The molecule has 3 N–H and O–H groups in total. The Morgan fingerprint density at radius 1 is 1.15 bits per heavy atom. The van der Waals surface area contributed by atoms with Crippen molar-refractivity contribution < 1.29 is 42.1 Å². The Kier molecular flexibility index (Phi) is 8.45. The van der Waals surface area contributed by atoms with Crippen molar-refractivity contribution in [3.63, 3.8) is 0 Å². The van der Waals surface area contributed by atoms with Gasteiger partial charge in [0.15, 0.2) is 5.92 Å². The van der Waals surface area contributed by atoms with Gasteiger partial charge in [0.25, 0.3) is 0 Å². The molecule has 0 radical (unpaired) electrons. The lowest BCUT2D eigenvalue weighted by molar-refractivity contribution is -0.161. The predicted molar refractivity (Wildman–Crippen MR) is 123 cm³/mol. The van der Waals surface area contributed by atoms with E-state index in [1.54, 1.807) is 0 Å². The number of carbonyl (C=O) groups excluding carboxylic acids is 2. The summed E-state index contributed by atoms with van der Waals surface area (Å²) in [5, 5.41) is 9.78. The average molecular weight is 558 g/mol. The third kappa shape index (κ3) is 5.24. The molecule has 0 aromatic heterocycles. The first-order valence-corrected chi connectivity index (χ1v) is 12.1. The number of nitrogens with two attached hydrogens (primary N) is 1. The van der Waals surface area contributed by atoms with E-state index in [1.165, 1.54) is 57.4 Å². The fourth-order valence-electron chi connectivity index (χ4n) is 3.40. The summed E-state index contributed by atoms with van der Waals surface area (Å²) in [6.07, 6.45) is 0. The number of aliphatic carboxylic acids is 1. The summed E-state index contributed by atoms with van der Waals surface area (Å²) >= 11 is 3.19. The van der Waals surface area contributed by atoms with E-state index in [2.05, 4.69) is 15.9 Å². The molecule has 0 bridgehead atoms. The lowest BCUT2D eigenvalue weighted by atomic mass is 9.79. The highest BCUT2D eigenvalue weighted by Gasteiger charge is 2.47. The summed E-state index contributed by atoms with van der Waals surface area (Å²) in [7, 11) is -2.01. The smallest absolute Gasteiger partial charge is 0.339 e. The number of hydrogen-bond donors (Lipinski definition) is 2. The Labute approximate surface area is 205 Å². The number of benzene rings is 2. The third-order valence-corrected chi connectivity index (χ3v) is 7.37. The standard InChI is InChI=1S/C22H24BrNO9S/c1-5-33-21(28)17(19(25)26)22(2,24)16-11-12(23)10-15(20(27)32-4)18(16)34(29,30)14-8-6-13(31-3)7-9-14/h6-11,17H,5,24H2,1-4H3,(H,25,26). The molecular formula is C22H24BrNO9S. The summed E-state index contributed by atoms with van der Waals surface area (Å²) in [5.41, 5.74) is 3.56. The maximum Gasteiger partial charge on any atom is 0.339 e. The van der Waals surface area contributed by atoms with Gasteiger partial charge in [-0.15, -0.1) is 0 Å². The highest BCUT2D eigenvalue weighted by atomic mass is 79.9. The van der Waals surface area contributed by atoms with Gasteiger partial charge in [-0.25, -0.2) is 13.2 Å². The van der Waals surface area contributed by atoms with E-state index in [9.17, 15) is 27.9 Å². The van der Waals surface area contributed by atoms with Crippen molar-refractivity contribution in [2.45, 2.75) is 29.2 Å². The van der Waals surface area contributed by atoms with Gasteiger partial charge in [0, 0.05) is 4.47 Å². The first kappa shape index (κ1) is 27.3. The number of hydrogen-bond acceptors (Lipinski definition) is 9. The molecule has 12 heteroatoms. The van der Waals surface area contributed by atoms with Gasteiger partial charge in [0.05, 0.1) is 41.7 Å². The first-order chi connectivity index (χ1) is 15.8. The van der Waals surface area contributed by atoms with Crippen LogP contribution in [0.3, 0.4) is 0 Å². The fourth-order valence-corrected chi connectivity index (χ4v) is 5.59. The molecule has 0 saturated carbocycles. The number of ether oxygens (including phenoxy) is 3. The third-order valence-electron chi connectivity index (χ3n) is 5.05. The van der Waals surface area contributed by atoms with E-state index in [1.807, 2.05) is 0 Å². The molecular weight excluding hydrogens is 534 g/mol. The van der Waals surface area contributed by atoms with Crippen LogP contribution in [0.2, 0.25) is 0 Å². The summed E-state index contributed by atoms with van der Waals surface area (Å²) in [4.78, 5) is 36.4. The van der Waals surface area contributed by atoms with E-state index < -0.39 is 49.7 Å². The van der Waals surface area contributed by atoms with Crippen LogP contribution in [-0.2, 0) is 34.4 Å². The quantitative estimate of drug-likeness (QED) is 0.346. The van der Waals surface area contributed by atoms with Gasteiger partial charge in [0.2, 0.25) is 9.84 Å². The van der Waals surface area contributed by atoms with Crippen molar-refractivity contribution in [2.75, 3.05) is 20.8 Å². The van der Waals surface area contributed by atoms with Crippen molar-refractivity contribution in [3.05, 3.63) is 52.0 Å². The number of rotatable bonds is 9. The molecule has 0 aliphatic rings. The molecule has 0 saturated heterocycles. The van der Waals surface area contributed by atoms with E-state index in [0.717, 1.165) is 7.11 Å². The Bertz CT molecular complexity index is 1210. The zero-order valence-corrected chi connectivity index (χ0v) is 21.2. The maximum absolute atomic E-state index is 13.8. The number of carboxylic acid groups (broad SMARTS) is 1. The van der Waals surface area contributed by atoms with Gasteiger partial charge in [-0.1, -0.05) is 15.9 Å². The summed E-state index contributed by atoms with van der Waals surface area (Å²) < 4.78 is 42.4. The topological polar surface area (TPSA) is 159 Å². The zero-order chi connectivity index (χ0) is 25.8. The second kappa shape index (κ2) is 10.5. The first-order valence-electron chi connectivity index (χ1n) is 9.82. The van der Waals surface area contributed by atoms with Crippen LogP contribution >= 0.6 is 15.9 Å². The van der Waals surface area contributed by atoms with Crippen LogP contribution in [0.25, 0.3) is 0 Å². The summed E-state index contributed by atoms with van der Waals surface area (Å²) in [5.74, 6) is -5.39. The van der Waals surface area contributed by atoms with Gasteiger partial charge >= 0.3 is 17.9 Å². The van der Waals surface area contributed by atoms with Crippen LogP contribution < -0.4 is 10.5 Å². The van der Waals surface area contributed by atoms with Crippen LogP contribution in [0.1, 0.15) is 29.8 Å². The van der Waals surface area contributed by atoms with Gasteiger partial charge in [-0.05, 0) is 55.8 Å². The summed E-state index contributed by atoms with van der Waals surface area (Å²) in [6.45, 7) is 2.54. The van der Waals surface area contributed by atoms with E-state index >= 15 is 0 Å². The van der Waals surface area contributed by atoms with E-state index in [-0.39, 0.29) is 21.5 Å². The van der Waals surface area contributed by atoms with Crippen LogP contribution in [0.15, 0.2) is 50.7 Å². The van der Waals surface area contributed by atoms with Crippen LogP contribution in [0.5, 0.6) is 5.75 Å². The lowest BCUT2D eigenvalue weighted by Gasteiger charge is -2.32. The number of esters is 2. The van der Waals surface area contributed by atoms with E-state index in [4.69, 9.17) is 19.9 Å². The Hall–Kier alpha value is -2.96. The molecule has 2 aromatic rings. The molecule has 2 aromatic carbocycles. The molecule has 2 unspecified atom stereocenters. The Morgan fingerprint density at radius 3 is 2.21 bits per heavy atom. The molecule has 0 amide bonds. The molecule has 0 spiro atoms. The van der Waals surface area contributed by atoms with Gasteiger partial charge < -0.3 is 25.1 Å². The predicted octanol–water partition coefficient (Wildman–Crippen LogP) is 2.51. The van der Waals surface area contributed by atoms with Crippen molar-refractivity contribution in [1.82, 2.24) is 0 Å². The number of methoxy groups -OCH3 is 2. The monoisotopic (exact) mass is 557 g/mol. The van der Waals surface area contributed by atoms with Gasteiger partial charge in [0.1, 0.15) is 5.75 Å². The molecule has 0 aliphatic heterocycles. The van der Waals surface area contributed by atoms with Gasteiger partial charge in [-0.3, -0.25) is 9.59 Å². The van der Waals surface area contributed by atoms with Crippen molar-refractivity contribution in [3.8, 4) is 5.75 Å².